The molecule has 0 radical (unpaired) electrons. The topological polar surface area (TPSA) is 125 Å². The van der Waals surface area contributed by atoms with Crippen LogP contribution in [0.2, 0.25) is 5.02 Å². The molecule has 0 amide bonds. The molecule has 0 atom stereocenters. The van der Waals surface area contributed by atoms with Crippen LogP contribution < -0.4 is 20.8 Å². The Morgan fingerprint density at radius 2 is 1.76 bits per heavy atom. The Morgan fingerprint density at radius 1 is 1.07 bits per heavy atom. The van der Waals surface area contributed by atoms with E-state index in [0.29, 0.717) is 22.1 Å². The zero-order chi connectivity index (χ0) is 21.0. The quantitative estimate of drug-likeness (QED) is 0.666. The molecule has 3 N–H and O–H groups in total. The van der Waals surface area contributed by atoms with Gasteiger partial charge in [0, 0.05) is 10.6 Å². The minimum Gasteiger partial charge on any atom is -0.493 e. The minimum atomic E-state index is -0.668. The van der Waals surface area contributed by atoms with Crippen LogP contribution in [0.1, 0.15) is 16.7 Å². The van der Waals surface area contributed by atoms with E-state index in [1.807, 2.05) is 24.3 Å². The Hall–Kier alpha value is -3.94. The number of nitrogen functional groups attached to an aromatic ring is 1. The molecule has 7 nitrogen and oxygen atoms in total. The number of nitrogens with two attached hydrogens (primary N) is 1. The molecule has 0 unspecified atom stereocenters. The van der Waals surface area contributed by atoms with Gasteiger partial charge in [-0.1, -0.05) is 29.8 Å². The number of benzene rings is 2. The lowest BCUT2D eigenvalue weighted by Crippen LogP contribution is -2.16. The van der Waals surface area contributed by atoms with Gasteiger partial charge in [0.25, 0.3) is 5.56 Å². The third kappa shape index (κ3) is 4.01. The SMILES string of the molecule is COc1ccc(-c2c(C#N)c(N)[nH]c(=O)c2C#N)cc1OCc1ccc(Cl)cc1. The van der Waals surface area contributed by atoms with E-state index in [4.69, 9.17) is 26.8 Å². The summed E-state index contributed by atoms with van der Waals surface area (Å²) in [5.41, 5.74) is 6.39. The van der Waals surface area contributed by atoms with Gasteiger partial charge in [0.15, 0.2) is 11.5 Å². The number of rotatable bonds is 5. The minimum absolute atomic E-state index is 0.00923. The lowest BCUT2D eigenvalue weighted by Gasteiger charge is -2.14. The standard InChI is InChI=1S/C21H15ClN4O3/c1-28-17-7-4-13(8-18(17)29-11-12-2-5-14(22)6-3-12)19-15(9-23)20(25)26-21(27)16(19)10-24/h2-8H,11H2,1H3,(H3,25,26,27). The summed E-state index contributed by atoms with van der Waals surface area (Å²) in [7, 11) is 1.50. The van der Waals surface area contributed by atoms with Crippen LogP contribution in [0.25, 0.3) is 11.1 Å². The van der Waals surface area contributed by atoms with E-state index in [1.165, 1.54) is 7.11 Å². The molecular weight excluding hydrogens is 392 g/mol. The Labute approximate surface area is 171 Å². The van der Waals surface area contributed by atoms with Crippen LogP contribution in [-0.2, 0) is 6.61 Å². The molecule has 3 rings (SSSR count). The number of nitrogens with one attached hydrogen (secondary N) is 1. The van der Waals surface area contributed by atoms with Gasteiger partial charge in [-0.05, 0) is 35.4 Å². The molecule has 29 heavy (non-hydrogen) atoms. The molecule has 0 bridgehead atoms. The van der Waals surface area contributed by atoms with Crippen LogP contribution in [-0.4, -0.2) is 12.1 Å². The van der Waals surface area contributed by atoms with E-state index in [2.05, 4.69) is 4.98 Å². The fourth-order valence-corrected chi connectivity index (χ4v) is 2.94. The van der Waals surface area contributed by atoms with Gasteiger partial charge < -0.3 is 20.2 Å². The molecular formula is C21H15ClN4O3. The molecule has 0 saturated carbocycles. The maximum Gasteiger partial charge on any atom is 0.268 e. The normalized spacial score (nSPS) is 10.1. The predicted molar refractivity (Wildman–Crippen MR) is 109 cm³/mol. The highest BCUT2D eigenvalue weighted by Gasteiger charge is 2.19. The average Bonchev–Trinajstić information content (AvgIpc) is 2.72. The van der Waals surface area contributed by atoms with Crippen molar-refractivity contribution in [1.82, 2.24) is 4.98 Å². The Kier molecular flexibility index (Phi) is 5.73. The van der Waals surface area contributed by atoms with Crippen molar-refractivity contribution in [3.8, 4) is 34.8 Å². The molecule has 2 aromatic carbocycles. The second kappa shape index (κ2) is 8.39. The number of aromatic amines is 1. The summed E-state index contributed by atoms with van der Waals surface area (Å²) in [5, 5.41) is 19.5. The second-order valence-corrected chi connectivity index (χ2v) is 6.43. The number of H-pyrrole nitrogens is 1. The van der Waals surface area contributed by atoms with Crippen molar-refractivity contribution in [2.75, 3.05) is 12.8 Å². The molecule has 0 spiro atoms. The van der Waals surface area contributed by atoms with Gasteiger partial charge in [0.1, 0.15) is 35.7 Å². The molecule has 0 saturated heterocycles. The molecule has 0 aliphatic carbocycles. The maximum atomic E-state index is 12.1. The zero-order valence-corrected chi connectivity index (χ0v) is 16.1. The number of pyridine rings is 1. The summed E-state index contributed by atoms with van der Waals surface area (Å²) in [6.45, 7) is 0.241. The van der Waals surface area contributed by atoms with Crippen molar-refractivity contribution in [3.63, 3.8) is 0 Å². The first-order valence-electron chi connectivity index (χ1n) is 8.40. The second-order valence-electron chi connectivity index (χ2n) is 6.00. The summed E-state index contributed by atoms with van der Waals surface area (Å²) in [4.78, 5) is 14.5. The summed E-state index contributed by atoms with van der Waals surface area (Å²) in [6.07, 6.45) is 0. The summed E-state index contributed by atoms with van der Waals surface area (Å²) in [5.74, 6) is 0.732. The number of anilines is 1. The van der Waals surface area contributed by atoms with Gasteiger partial charge in [0.05, 0.1) is 7.11 Å². The largest absolute Gasteiger partial charge is 0.493 e. The van der Waals surface area contributed by atoms with E-state index >= 15 is 0 Å². The van der Waals surface area contributed by atoms with Gasteiger partial charge in [0.2, 0.25) is 0 Å². The third-order valence-corrected chi connectivity index (χ3v) is 4.48. The molecule has 1 aromatic heterocycles. The summed E-state index contributed by atoms with van der Waals surface area (Å²) < 4.78 is 11.2. The number of nitrogens with zero attached hydrogens (tertiary/aromatic N) is 2. The Balaban J connectivity index is 2.08. The monoisotopic (exact) mass is 406 g/mol. The van der Waals surface area contributed by atoms with Crippen LogP contribution in [0.15, 0.2) is 47.3 Å². The van der Waals surface area contributed by atoms with Crippen LogP contribution >= 0.6 is 11.6 Å². The smallest absolute Gasteiger partial charge is 0.268 e. The first-order valence-corrected chi connectivity index (χ1v) is 8.78. The van der Waals surface area contributed by atoms with Crippen LogP contribution in [0.5, 0.6) is 11.5 Å². The molecule has 3 aromatic rings. The Morgan fingerprint density at radius 3 is 2.38 bits per heavy atom. The third-order valence-electron chi connectivity index (χ3n) is 4.23. The molecule has 0 fully saturated rings. The fourth-order valence-electron chi connectivity index (χ4n) is 2.82. The maximum absolute atomic E-state index is 12.1. The van der Waals surface area contributed by atoms with E-state index in [0.717, 1.165) is 5.56 Å². The molecule has 0 aliphatic heterocycles. The molecule has 0 aliphatic rings. The summed E-state index contributed by atoms with van der Waals surface area (Å²) >= 11 is 5.90. The summed E-state index contributed by atoms with van der Waals surface area (Å²) in [6, 6.07) is 15.8. The molecule has 8 heteroatoms. The van der Waals surface area contributed by atoms with Crippen molar-refractivity contribution in [2.24, 2.45) is 0 Å². The number of nitriles is 2. The van der Waals surface area contributed by atoms with E-state index in [1.54, 1.807) is 30.3 Å². The number of hydrogen-bond acceptors (Lipinski definition) is 6. The van der Waals surface area contributed by atoms with Crippen LogP contribution in [0.3, 0.4) is 0 Å². The zero-order valence-electron chi connectivity index (χ0n) is 15.3. The van der Waals surface area contributed by atoms with Gasteiger partial charge in [-0.15, -0.1) is 0 Å². The predicted octanol–water partition coefficient (Wildman–Crippen LogP) is 3.61. The van der Waals surface area contributed by atoms with Crippen molar-refractivity contribution >= 4 is 17.4 Å². The van der Waals surface area contributed by atoms with Crippen molar-refractivity contribution < 1.29 is 9.47 Å². The van der Waals surface area contributed by atoms with E-state index in [-0.39, 0.29) is 29.1 Å². The number of halogens is 1. The lowest BCUT2D eigenvalue weighted by molar-refractivity contribution is 0.284. The number of methoxy groups -OCH3 is 1. The van der Waals surface area contributed by atoms with Crippen molar-refractivity contribution in [1.29, 1.82) is 10.5 Å². The highest BCUT2D eigenvalue weighted by Crippen LogP contribution is 2.36. The van der Waals surface area contributed by atoms with Gasteiger partial charge in [-0.2, -0.15) is 10.5 Å². The highest BCUT2D eigenvalue weighted by molar-refractivity contribution is 6.30. The van der Waals surface area contributed by atoms with E-state index < -0.39 is 5.56 Å². The number of hydrogen-bond donors (Lipinski definition) is 2. The van der Waals surface area contributed by atoms with Crippen molar-refractivity contribution in [2.45, 2.75) is 6.61 Å². The van der Waals surface area contributed by atoms with Crippen molar-refractivity contribution in [3.05, 3.63) is 74.5 Å². The first kappa shape index (κ1) is 19.8. The lowest BCUT2D eigenvalue weighted by atomic mass is 9.96. The fraction of sp³-hybridized carbons (Fsp3) is 0.0952. The number of ether oxygens (including phenoxy) is 2. The van der Waals surface area contributed by atoms with Crippen LogP contribution in [0, 0.1) is 22.7 Å². The molecule has 1 heterocycles. The first-order chi connectivity index (χ1) is 14.0. The highest BCUT2D eigenvalue weighted by atomic mass is 35.5. The Bertz CT molecular complexity index is 1200. The average molecular weight is 407 g/mol. The van der Waals surface area contributed by atoms with E-state index in [9.17, 15) is 15.3 Å². The van der Waals surface area contributed by atoms with Gasteiger partial charge >= 0.3 is 0 Å². The molecule has 144 valence electrons. The number of aromatic nitrogens is 1. The van der Waals surface area contributed by atoms with Crippen LogP contribution in [0.4, 0.5) is 5.82 Å². The van der Waals surface area contributed by atoms with Gasteiger partial charge in [-0.3, -0.25) is 4.79 Å². The van der Waals surface area contributed by atoms with Gasteiger partial charge in [-0.25, -0.2) is 0 Å².